The number of pyridine rings is 1. The minimum atomic E-state index is -0.804. The first-order chi connectivity index (χ1) is 6.58. The monoisotopic (exact) mass is 194 g/mol. The van der Waals surface area contributed by atoms with Gasteiger partial charge in [-0.3, -0.25) is 4.98 Å². The Labute approximate surface area is 85.0 Å². The van der Waals surface area contributed by atoms with Crippen molar-refractivity contribution < 1.29 is 5.11 Å². The van der Waals surface area contributed by atoms with Crippen LogP contribution < -0.4 is 5.73 Å². The molecule has 0 aliphatic carbocycles. The van der Waals surface area contributed by atoms with Crippen LogP contribution in [0.4, 0.5) is 0 Å². The SMILES string of the molecule is CC(C)C(O)(CN)Cc1ccncc1. The van der Waals surface area contributed by atoms with E-state index in [0.717, 1.165) is 5.56 Å². The quantitative estimate of drug-likeness (QED) is 0.751. The van der Waals surface area contributed by atoms with Gasteiger partial charge in [0.15, 0.2) is 0 Å². The van der Waals surface area contributed by atoms with E-state index in [0.29, 0.717) is 6.42 Å². The maximum absolute atomic E-state index is 10.2. The summed E-state index contributed by atoms with van der Waals surface area (Å²) in [6.45, 7) is 4.25. The van der Waals surface area contributed by atoms with Gasteiger partial charge >= 0.3 is 0 Å². The van der Waals surface area contributed by atoms with Crippen molar-refractivity contribution in [2.45, 2.75) is 25.9 Å². The van der Waals surface area contributed by atoms with E-state index < -0.39 is 5.60 Å². The Hall–Kier alpha value is -0.930. The zero-order valence-corrected chi connectivity index (χ0v) is 8.77. The van der Waals surface area contributed by atoms with Crippen molar-refractivity contribution in [1.29, 1.82) is 0 Å². The minimum absolute atomic E-state index is 0.153. The third kappa shape index (κ3) is 2.53. The van der Waals surface area contributed by atoms with E-state index >= 15 is 0 Å². The molecule has 3 nitrogen and oxygen atoms in total. The summed E-state index contributed by atoms with van der Waals surface area (Å²) in [7, 11) is 0. The fourth-order valence-electron chi connectivity index (χ4n) is 1.37. The fourth-order valence-corrected chi connectivity index (χ4v) is 1.37. The average Bonchev–Trinajstić information content (AvgIpc) is 2.19. The molecule has 0 bridgehead atoms. The van der Waals surface area contributed by atoms with Gasteiger partial charge in [0.25, 0.3) is 0 Å². The van der Waals surface area contributed by atoms with Crippen molar-refractivity contribution in [3.8, 4) is 0 Å². The molecule has 0 saturated carbocycles. The molecule has 1 aromatic rings. The topological polar surface area (TPSA) is 59.1 Å². The van der Waals surface area contributed by atoms with Crippen molar-refractivity contribution in [3.63, 3.8) is 0 Å². The Bertz CT molecular complexity index is 274. The van der Waals surface area contributed by atoms with Crippen LogP contribution in [0.5, 0.6) is 0 Å². The molecule has 78 valence electrons. The van der Waals surface area contributed by atoms with E-state index in [1.54, 1.807) is 12.4 Å². The third-order valence-electron chi connectivity index (χ3n) is 2.69. The Morgan fingerprint density at radius 3 is 2.43 bits per heavy atom. The van der Waals surface area contributed by atoms with Crippen LogP contribution in [-0.2, 0) is 6.42 Å². The van der Waals surface area contributed by atoms with Gasteiger partial charge < -0.3 is 10.8 Å². The van der Waals surface area contributed by atoms with Crippen molar-refractivity contribution in [3.05, 3.63) is 30.1 Å². The number of hydrogen-bond donors (Lipinski definition) is 2. The van der Waals surface area contributed by atoms with Crippen LogP contribution in [0.15, 0.2) is 24.5 Å². The molecule has 1 rings (SSSR count). The Kier molecular flexibility index (Phi) is 3.61. The van der Waals surface area contributed by atoms with E-state index in [-0.39, 0.29) is 12.5 Å². The first-order valence-corrected chi connectivity index (χ1v) is 4.90. The highest BCUT2D eigenvalue weighted by atomic mass is 16.3. The Morgan fingerprint density at radius 1 is 1.43 bits per heavy atom. The fraction of sp³-hybridized carbons (Fsp3) is 0.545. The molecule has 0 amide bonds. The lowest BCUT2D eigenvalue weighted by atomic mass is 9.85. The summed E-state index contributed by atoms with van der Waals surface area (Å²) in [5.74, 6) is 0.153. The standard InChI is InChI=1S/C11H18N2O/c1-9(2)11(14,8-12)7-10-3-5-13-6-4-10/h3-6,9,14H,7-8,12H2,1-2H3. The van der Waals surface area contributed by atoms with Crippen LogP contribution >= 0.6 is 0 Å². The van der Waals surface area contributed by atoms with Gasteiger partial charge in [-0.25, -0.2) is 0 Å². The second kappa shape index (κ2) is 4.53. The van der Waals surface area contributed by atoms with E-state index in [4.69, 9.17) is 5.73 Å². The van der Waals surface area contributed by atoms with E-state index in [1.165, 1.54) is 0 Å². The first-order valence-electron chi connectivity index (χ1n) is 4.90. The van der Waals surface area contributed by atoms with Crippen molar-refractivity contribution >= 4 is 0 Å². The van der Waals surface area contributed by atoms with Gasteiger partial charge in [0, 0.05) is 25.4 Å². The molecule has 1 atom stereocenters. The van der Waals surface area contributed by atoms with Crippen molar-refractivity contribution in [2.24, 2.45) is 11.7 Å². The van der Waals surface area contributed by atoms with Gasteiger partial charge in [0.05, 0.1) is 5.60 Å². The molecule has 0 aromatic carbocycles. The van der Waals surface area contributed by atoms with Gasteiger partial charge in [0.1, 0.15) is 0 Å². The summed E-state index contributed by atoms with van der Waals surface area (Å²) in [6.07, 6.45) is 4.04. The lowest BCUT2D eigenvalue weighted by molar-refractivity contribution is 0.00406. The summed E-state index contributed by atoms with van der Waals surface area (Å²) < 4.78 is 0. The number of hydrogen-bond acceptors (Lipinski definition) is 3. The molecule has 3 N–H and O–H groups in total. The molecule has 3 heteroatoms. The highest BCUT2D eigenvalue weighted by molar-refractivity contribution is 5.13. The lowest BCUT2D eigenvalue weighted by Crippen LogP contribution is -2.44. The summed E-state index contributed by atoms with van der Waals surface area (Å²) in [5.41, 5.74) is 5.86. The second-order valence-corrected chi connectivity index (χ2v) is 3.99. The van der Waals surface area contributed by atoms with Crippen molar-refractivity contribution in [1.82, 2.24) is 4.98 Å². The Balaban J connectivity index is 2.76. The van der Waals surface area contributed by atoms with Crippen molar-refractivity contribution in [2.75, 3.05) is 6.54 Å². The highest BCUT2D eigenvalue weighted by Crippen LogP contribution is 2.20. The maximum Gasteiger partial charge on any atom is 0.0832 e. The number of rotatable bonds is 4. The van der Waals surface area contributed by atoms with Gasteiger partial charge in [-0.2, -0.15) is 0 Å². The molecule has 0 aliphatic rings. The van der Waals surface area contributed by atoms with Crippen LogP contribution in [0, 0.1) is 5.92 Å². The zero-order valence-electron chi connectivity index (χ0n) is 8.77. The summed E-state index contributed by atoms with van der Waals surface area (Å²) in [5, 5.41) is 10.2. The molecular weight excluding hydrogens is 176 g/mol. The van der Waals surface area contributed by atoms with E-state index in [2.05, 4.69) is 4.98 Å². The molecular formula is C11H18N2O. The summed E-state index contributed by atoms with van der Waals surface area (Å²) in [4.78, 5) is 3.93. The molecule has 1 aromatic heterocycles. The molecule has 1 heterocycles. The van der Waals surface area contributed by atoms with Gasteiger partial charge in [0.2, 0.25) is 0 Å². The van der Waals surface area contributed by atoms with Gasteiger partial charge in [-0.05, 0) is 23.6 Å². The largest absolute Gasteiger partial charge is 0.388 e. The van der Waals surface area contributed by atoms with E-state index in [9.17, 15) is 5.11 Å². The highest BCUT2D eigenvalue weighted by Gasteiger charge is 2.29. The molecule has 14 heavy (non-hydrogen) atoms. The number of aromatic nitrogens is 1. The van der Waals surface area contributed by atoms with Gasteiger partial charge in [-0.1, -0.05) is 13.8 Å². The molecule has 0 spiro atoms. The summed E-state index contributed by atoms with van der Waals surface area (Å²) in [6, 6.07) is 3.81. The number of aliphatic hydroxyl groups is 1. The van der Waals surface area contributed by atoms with Crippen LogP contribution in [0.1, 0.15) is 19.4 Å². The lowest BCUT2D eigenvalue weighted by Gasteiger charge is -2.30. The predicted molar refractivity (Wildman–Crippen MR) is 56.8 cm³/mol. The van der Waals surface area contributed by atoms with Crippen LogP contribution in [0.3, 0.4) is 0 Å². The normalized spacial score (nSPS) is 15.5. The minimum Gasteiger partial charge on any atom is -0.388 e. The molecule has 0 saturated heterocycles. The zero-order chi connectivity index (χ0) is 10.6. The number of nitrogens with two attached hydrogens (primary N) is 1. The molecule has 0 fully saturated rings. The molecule has 1 unspecified atom stereocenters. The predicted octanol–water partition coefficient (Wildman–Crippen LogP) is 0.970. The second-order valence-electron chi connectivity index (χ2n) is 3.99. The van der Waals surface area contributed by atoms with Crippen LogP contribution in [-0.4, -0.2) is 22.2 Å². The first kappa shape index (κ1) is 11.1. The van der Waals surface area contributed by atoms with E-state index in [1.807, 2.05) is 26.0 Å². The van der Waals surface area contributed by atoms with Crippen LogP contribution in [0.2, 0.25) is 0 Å². The average molecular weight is 194 g/mol. The number of nitrogens with zero attached hydrogens (tertiary/aromatic N) is 1. The Morgan fingerprint density at radius 2 is 2.00 bits per heavy atom. The maximum atomic E-state index is 10.2. The smallest absolute Gasteiger partial charge is 0.0832 e. The van der Waals surface area contributed by atoms with Gasteiger partial charge in [-0.15, -0.1) is 0 Å². The molecule has 0 radical (unpaired) electrons. The molecule has 0 aliphatic heterocycles. The summed E-state index contributed by atoms with van der Waals surface area (Å²) >= 11 is 0. The van der Waals surface area contributed by atoms with Crippen LogP contribution in [0.25, 0.3) is 0 Å². The third-order valence-corrected chi connectivity index (χ3v) is 2.69.